The van der Waals surface area contributed by atoms with Gasteiger partial charge in [-0.15, -0.1) is 0 Å². The summed E-state index contributed by atoms with van der Waals surface area (Å²) in [7, 11) is 0. The zero-order chi connectivity index (χ0) is 28.3. The van der Waals surface area contributed by atoms with Gasteiger partial charge >= 0.3 is 5.97 Å². The number of esters is 1. The minimum atomic E-state index is 0.0110. The van der Waals surface area contributed by atoms with Crippen LogP contribution in [0.4, 0.5) is 0 Å². The fraction of sp³-hybridized carbons (Fsp3) is 0.865. The molecule has 2 nitrogen and oxygen atoms in total. The van der Waals surface area contributed by atoms with Gasteiger partial charge in [0.05, 0.1) is 6.61 Å². The first-order valence-corrected chi connectivity index (χ1v) is 17.8. The van der Waals surface area contributed by atoms with Crippen molar-refractivity contribution in [2.75, 3.05) is 6.61 Å². The highest BCUT2D eigenvalue weighted by molar-refractivity contribution is 5.69. The quantitative estimate of drug-likeness (QED) is 0.0476. The lowest BCUT2D eigenvalue weighted by molar-refractivity contribution is -0.143. The van der Waals surface area contributed by atoms with Gasteiger partial charge in [-0.1, -0.05) is 179 Å². The Labute approximate surface area is 246 Å². The maximum absolute atomic E-state index is 11.9. The number of ether oxygens (including phenoxy) is 1. The van der Waals surface area contributed by atoms with Crippen molar-refractivity contribution >= 4 is 5.97 Å². The summed E-state index contributed by atoms with van der Waals surface area (Å²) in [4.78, 5) is 11.9. The third-order valence-corrected chi connectivity index (χ3v) is 7.84. The van der Waals surface area contributed by atoms with Crippen molar-refractivity contribution in [3.05, 3.63) is 24.3 Å². The Bertz CT molecular complexity index is 522. The van der Waals surface area contributed by atoms with E-state index in [1.165, 1.54) is 154 Å². The molecule has 0 rings (SSSR count). The first-order chi connectivity index (χ1) is 19.3. The van der Waals surface area contributed by atoms with E-state index in [0.29, 0.717) is 13.0 Å². The molecule has 0 fully saturated rings. The highest BCUT2D eigenvalue weighted by Crippen LogP contribution is 2.14. The van der Waals surface area contributed by atoms with E-state index in [0.717, 1.165) is 25.7 Å². The third-order valence-electron chi connectivity index (χ3n) is 7.84. The molecule has 0 bridgehead atoms. The smallest absolute Gasteiger partial charge is 0.305 e. The maximum Gasteiger partial charge on any atom is 0.305 e. The molecule has 0 radical (unpaired) electrons. The predicted octanol–water partition coefficient (Wildman–Crippen LogP) is 13.0. The Balaban J connectivity index is 3.20. The lowest BCUT2D eigenvalue weighted by Crippen LogP contribution is -2.05. The fourth-order valence-electron chi connectivity index (χ4n) is 5.15. The van der Waals surface area contributed by atoms with Crippen molar-refractivity contribution in [2.24, 2.45) is 0 Å². The van der Waals surface area contributed by atoms with Gasteiger partial charge in [-0.2, -0.15) is 0 Å². The van der Waals surface area contributed by atoms with E-state index in [9.17, 15) is 4.79 Å². The molecule has 0 spiro atoms. The Kier molecular flexibility index (Phi) is 34.0. The molecule has 0 aromatic carbocycles. The highest BCUT2D eigenvalue weighted by atomic mass is 16.5. The Hall–Kier alpha value is -1.05. The summed E-state index contributed by atoms with van der Waals surface area (Å²) in [5, 5.41) is 0. The molecule has 2 heteroatoms. The number of carbonyl (C=O) groups excluding carboxylic acids is 1. The molecule has 39 heavy (non-hydrogen) atoms. The number of rotatable bonds is 32. The molecule has 0 saturated carbocycles. The van der Waals surface area contributed by atoms with Crippen LogP contribution in [0, 0.1) is 0 Å². The van der Waals surface area contributed by atoms with Crippen LogP contribution in [0.3, 0.4) is 0 Å². The minimum absolute atomic E-state index is 0.0110. The van der Waals surface area contributed by atoms with Crippen LogP contribution in [0.15, 0.2) is 24.3 Å². The number of unbranched alkanes of at least 4 members (excludes halogenated alkanes) is 24. The van der Waals surface area contributed by atoms with Crippen LogP contribution in [0.2, 0.25) is 0 Å². The van der Waals surface area contributed by atoms with Crippen LogP contribution in [0.25, 0.3) is 0 Å². The third kappa shape index (κ3) is 34.9. The predicted molar refractivity (Wildman–Crippen MR) is 174 cm³/mol. The second-order valence-corrected chi connectivity index (χ2v) is 11.9. The van der Waals surface area contributed by atoms with Gasteiger partial charge in [-0.25, -0.2) is 0 Å². The molecular weight excluding hydrogens is 476 g/mol. The van der Waals surface area contributed by atoms with E-state index in [1.807, 2.05) is 0 Å². The van der Waals surface area contributed by atoms with Gasteiger partial charge < -0.3 is 4.74 Å². The van der Waals surface area contributed by atoms with E-state index in [1.54, 1.807) is 0 Å². The molecule has 0 saturated heterocycles. The Morgan fingerprint density at radius 2 is 0.821 bits per heavy atom. The molecule has 0 N–H and O–H groups in total. The maximum atomic E-state index is 11.9. The zero-order valence-electron chi connectivity index (χ0n) is 26.8. The zero-order valence-corrected chi connectivity index (χ0v) is 26.8. The largest absolute Gasteiger partial charge is 0.466 e. The van der Waals surface area contributed by atoms with Crippen LogP contribution in [-0.4, -0.2) is 12.6 Å². The minimum Gasteiger partial charge on any atom is -0.466 e. The molecule has 0 aromatic rings. The second-order valence-electron chi connectivity index (χ2n) is 11.9. The summed E-state index contributed by atoms with van der Waals surface area (Å²) < 4.78 is 5.43. The SMILES string of the molecule is CCCC/C=C\C/C=C\CCCCCCCC(=O)OCCCCCCCCCCCCCCCCCCCC. The Morgan fingerprint density at radius 3 is 1.31 bits per heavy atom. The monoisotopic (exact) mass is 547 g/mol. The molecule has 0 unspecified atom stereocenters. The van der Waals surface area contributed by atoms with Crippen molar-refractivity contribution in [2.45, 2.75) is 200 Å². The summed E-state index contributed by atoms with van der Waals surface area (Å²) in [5.74, 6) is 0.0110. The van der Waals surface area contributed by atoms with Crippen LogP contribution < -0.4 is 0 Å². The first kappa shape index (κ1) is 38.0. The number of carbonyl (C=O) groups is 1. The van der Waals surface area contributed by atoms with Crippen molar-refractivity contribution in [1.29, 1.82) is 0 Å². The van der Waals surface area contributed by atoms with Gasteiger partial charge in [0.2, 0.25) is 0 Å². The molecule has 0 aliphatic carbocycles. The normalized spacial score (nSPS) is 11.7. The lowest BCUT2D eigenvalue weighted by atomic mass is 10.0. The van der Waals surface area contributed by atoms with Gasteiger partial charge in [0.1, 0.15) is 0 Å². The summed E-state index contributed by atoms with van der Waals surface area (Å²) in [6.45, 7) is 5.15. The van der Waals surface area contributed by atoms with Gasteiger partial charge in [0.15, 0.2) is 0 Å². The highest BCUT2D eigenvalue weighted by Gasteiger charge is 2.02. The Morgan fingerprint density at radius 1 is 0.436 bits per heavy atom. The molecule has 0 aromatic heterocycles. The lowest BCUT2D eigenvalue weighted by Gasteiger charge is -2.05. The molecular formula is C37H70O2. The second kappa shape index (κ2) is 35.0. The molecule has 230 valence electrons. The van der Waals surface area contributed by atoms with Crippen LogP contribution in [-0.2, 0) is 9.53 Å². The average molecular weight is 547 g/mol. The van der Waals surface area contributed by atoms with Gasteiger partial charge in [0.25, 0.3) is 0 Å². The molecule has 0 aliphatic heterocycles. The van der Waals surface area contributed by atoms with Crippen molar-refractivity contribution in [3.8, 4) is 0 Å². The van der Waals surface area contributed by atoms with E-state index in [2.05, 4.69) is 38.2 Å². The van der Waals surface area contributed by atoms with Crippen LogP contribution >= 0.6 is 0 Å². The van der Waals surface area contributed by atoms with Crippen molar-refractivity contribution in [3.63, 3.8) is 0 Å². The number of allylic oxidation sites excluding steroid dienone is 4. The number of hydrogen-bond donors (Lipinski definition) is 0. The summed E-state index contributed by atoms with van der Waals surface area (Å²) in [6, 6.07) is 0. The summed E-state index contributed by atoms with van der Waals surface area (Å²) >= 11 is 0. The molecule has 0 amide bonds. The van der Waals surface area contributed by atoms with E-state index in [4.69, 9.17) is 4.74 Å². The topological polar surface area (TPSA) is 26.3 Å². The fourth-order valence-corrected chi connectivity index (χ4v) is 5.15. The van der Waals surface area contributed by atoms with Crippen molar-refractivity contribution < 1.29 is 9.53 Å². The summed E-state index contributed by atoms with van der Waals surface area (Å²) in [5.41, 5.74) is 0. The van der Waals surface area contributed by atoms with Crippen LogP contribution in [0.1, 0.15) is 200 Å². The van der Waals surface area contributed by atoms with Crippen molar-refractivity contribution in [1.82, 2.24) is 0 Å². The van der Waals surface area contributed by atoms with E-state index < -0.39 is 0 Å². The first-order valence-electron chi connectivity index (χ1n) is 17.8. The molecule has 0 heterocycles. The van der Waals surface area contributed by atoms with Gasteiger partial charge in [-0.05, 0) is 38.5 Å². The van der Waals surface area contributed by atoms with Gasteiger partial charge in [-0.3, -0.25) is 4.79 Å². The number of hydrogen-bond acceptors (Lipinski definition) is 2. The molecule has 0 aliphatic rings. The van der Waals surface area contributed by atoms with Crippen LogP contribution in [0.5, 0.6) is 0 Å². The van der Waals surface area contributed by atoms with E-state index in [-0.39, 0.29) is 5.97 Å². The van der Waals surface area contributed by atoms with E-state index >= 15 is 0 Å². The van der Waals surface area contributed by atoms with Gasteiger partial charge in [0, 0.05) is 6.42 Å². The molecule has 0 atom stereocenters. The average Bonchev–Trinajstić information content (AvgIpc) is 2.94. The summed E-state index contributed by atoms with van der Waals surface area (Å²) in [6.07, 6.45) is 46.7. The standard InChI is InChI=1S/C37H70O2/c1-3-5-7-9-11-13-15-17-19-20-21-22-24-26-28-30-32-34-36-39-37(38)35-33-31-29-27-25-23-18-16-14-12-10-8-6-4-2/h10,12,16,18H,3-9,11,13-15,17,19-36H2,1-2H3/b12-10-,18-16-.